The van der Waals surface area contributed by atoms with Gasteiger partial charge in [-0.1, -0.05) is 43.0 Å². The molecule has 5 rings (SSSR count). The van der Waals surface area contributed by atoms with Gasteiger partial charge < -0.3 is 14.8 Å². The number of pyridine rings is 1. The van der Waals surface area contributed by atoms with Crippen LogP contribution in [0.2, 0.25) is 5.02 Å². The molecule has 2 aliphatic rings. The van der Waals surface area contributed by atoms with Gasteiger partial charge in [-0.2, -0.15) is 0 Å². The summed E-state index contributed by atoms with van der Waals surface area (Å²) in [5.74, 6) is 0. The highest BCUT2D eigenvalue weighted by atomic mass is 35.5. The predicted octanol–water partition coefficient (Wildman–Crippen LogP) is 6.76. The van der Waals surface area contributed by atoms with Crippen molar-refractivity contribution in [1.29, 1.82) is 0 Å². The molecule has 1 saturated heterocycles. The minimum atomic E-state index is 0.0210. The fourth-order valence-electron chi connectivity index (χ4n) is 5.87. The van der Waals surface area contributed by atoms with Crippen LogP contribution >= 0.6 is 23.8 Å². The van der Waals surface area contributed by atoms with Crippen LogP contribution in [0.5, 0.6) is 0 Å². The SMILES string of the molecule is Cc1c([C@@H]2[C@H](c3ccccn3)NC(=S)N2C2CCCCC2)c(C)n(-c2cccc(Cl)c2)c1C. The predicted molar refractivity (Wildman–Crippen MR) is 139 cm³/mol. The van der Waals surface area contributed by atoms with Gasteiger partial charge in [0, 0.05) is 39.9 Å². The first-order chi connectivity index (χ1) is 16.0. The van der Waals surface area contributed by atoms with Crippen molar-refractivity contribution in [2.45, 2.75) is 71.0 Å². The van der Waals surface area contributed by atoms with Crippen molar-refractivity contribution in [2.75, 3.05) is 0 Å². The third kappa shape index (κ3) is 3.95. The van der Waals surface area contributed by atoms with Crippen LogP contribution in [0, 0.1) is 20.8 Å². The van der Waals surface area contributed by atoms with Gasteiger partial charge in [0.1, 0.15) is 0 Å². The molecule has 172 valence electrons. The van der Waals surface area contributed by atoms with Crippen molar-refractivity contribution < 1.29 is 0 Å². The number of halogens is 1. The minimum Gasteiger partial charge on any atom is -0.352 e. The van der Waals surface area contributed by atoms with Gasteiger partial charge in [0.25, 0.3) is 0 Å². The van der Waals surface area contributed by atoms with Gasteiger partial charge in [0.15, 0.2) is 5.11 Å². The zero-order valence-corrected chi connectivity index (χ0v) is 21.1. The Bertz CT molecular complexity index is 1170. The smallest absolute Gasteiger partial charge is 0.170 e. The maximum Gasteiger partial charge on any atom is 0.170 e. The van der Waals surface area contributed by atoms with E-state index < -0.39 is 0 Å². The van der Waals surface area contributed by atoms with Crippen LogP contribution in [-0.2, 0) is 0 Å². The molecule has 3 aromatic rings. The maximum atomic E-state index is 6.36. The highest BCUT2D eigenvalue weighted by Gasteiger charge is 2.45. The summed E-state index contributed by atoms with van der Waals surface area (Å²) in [6.45, 7) is 6.68. The van der Waals surface area contributed by atoms with Gasteiger partial charge in [-0.25, -0.2) is 0 Å². The molecule has 2 fully saturated rings. The fraction of sp³-hybridized carbons (Fsp3) is 0.407. The Balaban J connectivity index is 1.67. The number of hydrogen-bond acceptors (Lipinski definition) is 2. The molecule has 33 heavy (non-hydrogen) atoms. The lowest BCUT2D eigenvalue weighted by molar-refractivity contribution is 0.196. The summed E-state index contributed by atoms with van der Waals surface area (Å²) in [6, 6.07) is 14.9. The number of benzene rings is 1. The third-order valence-corrected chi connectivity index (χ3v) is 8.04. The minimum absolute atomic E-state index is 0.0210. The molecule has 1 saturated carbocycles. The summed E-state index contributed by atoms with van der Waals surface area (Å²) < 4.78 is 2.34. The van der Waals surface area contributed by atoms with Crippen LogP contribution < -0.4 is 5.32 Å². The van der Waals surface area contributed by atoms with Gasteiger partial charge in [-0.15, -0.1) is 0 Å². The average molecular weight is 479 g/mol. The first kappa shape index (κ1) is 22.4. The number of aromatic nitrogens is 2. The van der Waals surface area contributed by atoms with E-state index in [2.05, 4.69) is 53.8 Å². The molecule has 6 heteroatoms. The Morgan fingerprint density at radius 1 is 1.00 bits per heavy atom. The van der Waals surface area contributed by atoms with Crippen LogP contribution in [0.4, 0.5) is 0 Å². The third-order valence-electron chi connectivity index (χ3n) is 7.47. The first-order valence-corrected chi connectivity index (χ1v) is 12.7. The zero-order valence-electron chi connectivity index (χ0n) is 19.5. The molecule has 0 radical (unpaired) electrons. The van der Waals surface area contributed by atoms with Gasteiger partial charge in [-0.3, -0.25) is 4.98 Å². The van der Waals surface area contributed by atoms with Crippen molar-refractivity contribution in [1.82, 2.24) is 19.8 Å². The molecule has 1 N–H and O–H groups in total. The highest BCUT2D eigenvalue weighted by Crippen LogP contribution is 2.46. The Kier molecular flexibility index (Phi) is 6.19. The van der Waals surface area contributed by atoms with Crippen molar-refractivity contribution in [3.63, 3.8) is 0 Å². The zero-order chi connectivity index (χ0) is 23.1. The average Bonchev–Trinajstić information content (AvgIpc) is 3.27. The molecular formula is C27H31ClN4S. The van der Waals surface area contributed by atoms with Crippen molar-refractivity contribution in [3.05, 3.63) is 81.9 Å². The summed E-state index contributed by atoms with van der Waals surface area (Å²) in [7, 11) is 0. The molecule has 4 nitrogen and oxygen atoms in total. The highest BCUT2D eigenvalue weighted by molar-refractivity contribution is 7.80. The lowest BCUT2D eigenvalue weighted by atomic mass is 9.89. The van der Waals surface area contributed by atoms with Gasteiger partial charge in [0.05, 0.1) is 17.8 Å². The molecule has 2 aromatic heterocycles. The van der Waals surface area contributed by atoms with E-state index in [1.807, 2.05) is 30.5 Å². The topological polar surface area (TPSA) is 33.1 Å². The van der Waals surface area contributed by atoms with Crippen molar-refractivity contribution in [3.8, 4) is 5.69 Å². The van der Waals surface area contributed by atoms with E-state index in [-0.39, 0.29) is 12.1 Å². The standard InChI is InChI=1S/C27H31ClN4S/c1-17-18(2)31(22-13-9-10-20(28)16-22)19(3)24(17)26-25(23-14-7-8-15-29-23)30-27(33)32(26)21-11-5-4-6-12-21/h7-10,13-16,21,25-26H,4-6,11-12H2,1-3H3,(H,30,33)/t25-,26+/m0/s1. The summed E-state index contributed by atoms with van der Waals surface area (Å²) in [6.07, 6.45) is 8.12. The number of nitrogens with one attached hydrogen (secondary N) is 1. The molecule has 1 aromatic carbocycles. The van der Waals surface area contributed by atoms with Crippen LogP contribution in [0.3, 0.4) is 0 Å². The van der Waals surface area contributed by atoms with Gasteiger partial charge >= 0.3 is 0 Å². The van der Waals surface area contributed by atoms with Crippen LogP contribution in [-0.4, -0.2) is 25.6 Å². The van der Waals surface area contributed by atoms with E-state index in [1.54, 1.807) is 0 Å². The fourth-order valence-corrected chi connectivity index (χ4v) is 6.45. The van der Waals surface area contributed by atoms with Crippen LogP contribution in [0.1, 0.15) is 72.4 Å². The largest absolute Gasteiger partial charge is 0.352 e. The number of nitrogens with zero attached hydrogens (tertiary/aromatic N) is 3. The molecule has 0 spiro atoms. The molecule has 1 aliphatic carbocycles. The molecular weight excluding hydrogens is 448 g/mol. The van der Waals surface area contributed by atoms with E-state index in [9.17, 15) is 0 Å². The van der Waals surface area contributed by atoms with Crippen LogP contribution in [0.15, 0.2) is 48.7 Å². The van der Waals surface area contributed by atoms with Crippen LogP contribution in [0.25, 0.3) is 5.69 Å². The van der Waals surface area contributed by atoms with Gasteiger partial charge in [-0.05, 0) is 81.7 Å². The summed E-state index contributed by atoms with van der Waals surface area (Å²) in [4.78, 5) is 7.24. The second-order valence-corrected chi connectivity index (χ2v) is 10.2. The maximum absolute atomic E-state index is 6.36. The summed E-state index contributed by atoms with van der Waals surface area (Å²) >= 11 is 12.3. The van der Waals surface area contributed by atoms with E-state index in [4.69, 9.17) is 28.8 Å². The Morgan fingerprint density at radius 2 is 1.79 bits per heavy atom. The first-order valence-electron chi connectivity index (χ1n) is 11.9. The van der Waals surface area contributed by atoms with E-state index in [0.717, 1.165) is 21.5 Å². The lowest BCUT2D eigenvalue weighted by Crippen LogP contribution is -2.40. The van der Waals surface area contributed by atoms with Gasteiger partial charge in [0.2, 0.25) is 0 Å². The quantitative estimate of drug-likeness (QED) is 0.420. The Labute approximate surface area is 207 Å². The molecule has 1 aliphatic heterocycles. The van der Waals surface area contributed by atoms with Crippen molar-refractivity contribution in [2.24, 2.45) is 0 Å². The summed E-state index contributed by atoms with van der Waals surface area (Å²) in [5, 5.41) is 5.27. The van der Waals surface area contributed by atoms with E-state index in [1.165, 1.54) is 54.6 Å². The molecule has 0 unspecified atom stereocenters. The Morgan fingerprint density at radius 3 is 2.48 bits per heavy atom. The van der Waals surface area contributed by atoms with E-state index in [0.29, 0.717) is 6.04 Å². The molecule has 2 atom stereocenters. The van der Waals surface area contributed by atoms with E-state index >= 15 is 0 Å². The normalized spacial score (nSPS) is 21.5. The number of rotatable bonds is 4. The molecule has 0 amide bonds. The number of thiocarbonyl (C=S) groups is 1. The second-order valence-electron chi connectivity index (χ2n) is 9.35. The lowest BCUT2D eigenvalue weighted by Gasteiger charge is -2.37. The molecule has 3 heterocycles. The summed E-state index contributed by atoms with van der Waals surface area (Å²) in [5.41, 5.74) is 7.28. The number of hydrogen-bond donors (Lipinski definition) is 1. The van der Waals surface area contributed by atoms with Crippen molar-refractivity contribution >= 4 is 28.9 Å². The second kappa shape index (κ2) is 9.11. The monoisotopic (exact) mass is 478 g/mol. The molecule has 0 bridgehead atoms. The Hall–Kier alpha value is -2.37.